The molecule has 6 heteroatoms. The van der Waals surface area contributed by atoms with Gasteiger partial charge in [-0.25, -0.2) is 0 Å². The van der Waals surface area contributed by atoms with Crippen molar-refractivity contribution in [2.45, 2.75) is 65.5 Å². The molecule has 3 atom stereocenters. The Morgan fingerprint density at radius 3 is 2.60 bits per heavy atom. The molecule has 1 heterocycles. The van der Waals surface area contributed by atoms with Gasteiger partial charge in [0.2, 0.25) is 0 Å². The predicted octanol–water partition coefficient (Wildman–Crippen LogP) is 3.08. The van der Waals surface area contributed by atoms with Crippen LogP contribution in [0.3, 0.4) is 0 Å². The van der Waals surface area contributed by atoms with Crippen LogP contribution in [0, 0.1) is 5.92 Å². The van der Waals surface area contributed by atoms with E-state index in [2.05, 4.69) is 12.4 Å². The lowest BCUT2D eigenvalue weighted by Gasteiger charge is -2.25. The Balaban J connectivity index is 2.82. The van der Waals surface area contributed by atoms with Gasteiger partial charge in [0.1, 0.15) is 12.7 Å². The van der Waals surface area contributed by atoms with Crippen molar-refractivity contribution in [1.29, 1.82) is 0 Å². The van der Waals surface area contributed by atoms with Gasteiger partial charge in [-0.1, -0.05) is 25.0 Å². The number of esters is 2. The van der Waals surface area contributed by atoms with Crippen LogP contribution in [0.5, 0.6) is 0 Å². The van der Waals surface area contributed by atoms with E-state index in [1.165, 1.54) is 13.8 Å². The predicted molar refractivity (Wildman–Crippen MR) is 95.6 cm³/mol. The van der Waals surface area contributed by atoms with Crippen LogP contribution < -0.4 is 5.48 Å². The second kappa shape index (κ2) is 11.8. The molecule has 0 aromatic carbocycles. The molecule has 0 bridgehead atoms. The highest BCUT2D eigenvalue weighted by Crippen LogP contribution is 2.17. The number of hydroxylamine groups is 1. The number of nitrogens with one attached hydrogen (secondary N) is 1. The van der Waals surface area contributed by atoms with Gasteiger partial charge in [-0.05, 0) is 44.3 Å². The Morgan fingerprint density at radius 2 is 1.92 bits per heavy atom. The molecule has 0 fully saturated rings. The van der Waals surface area contributed by atoms with Gasteiger partial charge < -0.3 is 14.3 Å². The normalized spacial score (nSPS) is 27.5. The Kier molecular flexibility index (Phi) is 10.1. The second-order valence-corrected chi connectivity index (χ2v) is 6.44. The van der Waals surface area contributed by atoms with E-state index in [1.807, 2.05) is 25.2 Å². The lowest BCUT2D eigenvalue weighted by atomic mass is 9.94. The topological polar surface area (TPSA) is 73.9 Å². The van der Waals surface area contributed by atoms with Crippen LogP contribution in [0.4, 0.5) is 0 Å². The largest absolute Gasteiger partial charge is 0.462 e. The highest BCUT2D eigenvalue weighted by Gasteiger charge is 2.19. The van der Waals surface area contributed by atoms with Crippen LogP contribution >= 0.6 is 0 Å². The molecular formula is C19H31NO5. The van der Waals surface area contributed by atoms with Crippen molar-refractivity contribution in [3.63, 3.8) is 0 Å². The van der Waals surface area contributed by atoms with Crippen LogP contribution in [0.15, 0.2) is 23.8 Å². The quantitative estimate of drug-likeness (QED) is 0.618. The standard InChI is InChI=1S/C19H31NO5/c1-14-9-10-18(25-17(4)22)8-6-5-7-12-24-20-19(14)15(2)11-13-23-16(3)21/h9-11,14,18-20H,5-8,12-13H2,1-4H3/b10-9-,15-11+/t14-,18?,19-/m0/s1. The van der Waals surface area contributed by atoms with Gasteiger partial charge in [-0.3, -0.25) is 9.59 Å². The SMILES string of the molecule is CC(=O)OC/C=C(\C)[C@H]1NOCCCCCC(OC(C)=O)/C=C\[C@@H]1C. The van der Waals surface area contributed by atoms with E-state index in [1.54, 1.807) is 0 Å². The zero-order valence-corrected chi connectivity index (χ0v) is 15.7. The molecule has 0 aromatic heterocycles. The maximum absolute atomic E-state index is 11.3. The molecule has 1 rings (SSSR count). The monoisotopic (exact) mass is 353 g/mol. The molecule has 0 radical (unpaired) electrons. The number of ether oxygens (including phenoxy) is 2. The maximum atomic E-state index is 11.3. The summed E-state index contributed by atoms with van der Waals surface area (Å²) in [6.45, 7) is 7.74. The molecule has 1 aliphatic rings. The third-order valence-electron chi connectivity index (χ3n) is 4.10. The summed E-state index contributed by atoms with van der Waals surface area (Å²) in [5.41, 5.74) is 4.14. The highest BCUT2D eigenvalue weighted by atomic mass is 16.6. The van der Waals surface area contributed by atoms with Crippen LogP contribution in [0.2, 0.25) is 0 Å². The number of carbonyl (C=O) groups is 2. The van der Waals surface area contributed by atoms with Crippen LogP contribution in [0.1, 0.15) is 53.4 Å². The summed E-state index contributed by atoms with van der Waals surface area (Å²) in [7, 11) is 0. The third-order valence-corrected chi connectivity index (χ3v) is 4.10. The fourth-order valence-electron chi connectivity index (χ4n) is 2.70. The third kappa shape index (κ3) is 9.41. The average molecular weight is 353 g/mol. The van der Waals surface area contributed by atoms with E-state index in [9.17, 15) is 9.59 Å². The second-order valence-electron chi connectivity index (χ2n) is 6.44. The van der Waals surface area contributed by atoms with Crippen LogP contribution in [0.25, 0.3) is 0 Å². The van der Waals surface area contributed by atoms with Crippen molar-refractivity contribution < 1.29 is 23.9 Å². The van der Waals surface area contributed by atoms with Crippen molar-refractivity contribution in [2.24, 2.45) is 5.92 Å². The Bertz CT molecular complexity index is 486. The Hall–Kier alpha value is -1.66. The summed E-state index contributed by atoms with van der Waals surface area (Å²) in [6.07, 6.45) is 9.47. The fraction of sp³-hybridized carbons (Fsp3) is 0.684. The number of hydrogen-bond donors (Lipinski definition) is 1. The van der Waals surface area contributed by atoms with E-state index < -0.39 is 0 Å². The van der Waals surface area contributed by atoms with E-state index in [0.29, 0.717) is 6.61 Å². The molecular weight excluding hydrogens is 322 g/mol. The lowest BCUT2D eigenvalue weighted by Crippen LogP contribution is -2.36. The van der Waals surface area contributed by atoms with Crippen molar-refractivity contribution in [3.05, 3.63) is 23.8 Å². The molecule has 0 saturated heterocycles. The summed E-state index contributed by atoms with van der Waals surface area (Å²) < 4.78 is 10.4. The smallest absolute Gasteiger partial charge is 0.303 e. The van der Waals surface area contributed by atoms with Gasteiger partial charge in [-0.15, -0.1) is 0 Å². The van der Waals surface area contributed by atoms with Crippen molar-refractivity contribution in [1.82, 2.24) is 5.48 Å². The molecule has 0 aromatic rings. The molecule has 0 aliphatic carbocycles. The molecule has 0 amide bonds. The van der Waals surface area contributed by atoms with Crippen LogP contribution in [-0.2, 0) is 23.9 Å². The Morgan fingerprint density at radius 1 is 1.16 bits per heavy atom. The van der Waals surface area contributed by atoms with E-state index in [-0.39, 0.29) is 36.6 Å². The van der Waals surface area contributed by atoms with Crippen molar-refractivity contribution in [2.75, 3.05) is 13.2 Å². The average Bonchev–Trinajstić information content (AvgIpc) is 2.52. The van der Waals surface area contributed by atoms with Gasteiger partial charge in [0.25, 0.3) is 0 Å². The molecule has 6 nitrogen and oxygen atoms in total. The van der Waals surface area contributed by atoms with Gasteiger partial charge in [-0.2, -0.15) is 5.48 Å². The molecule has 25 heavy (non-hydrogen) atoms. The molecule has 1 N–H and O–H groups in total. The van der Waals surface area contributed by atoms with Gasteiger partial charge in [0.05, 0.1) is 12.6 Å². The minimum Gasteiger partial charge on any atom is -0.462 e. The summed E-state index contributed by atoms with van der Waals surface area (Å²) in [6, 6.07) is -0.0517. The van der Waals surface area contributed by atoms with E-state index in [4.69, 9.17) is 14.3 Å². The first kappa shape index (κ1) is 21.4. The van der Waals surface area contributed by atoms with Crippen molar-refractivity contribution in [3.8, 4) is 0 Å². The fourth-order valence-corrected chi connectivity index (χ4v) is 2.70. The summed E-state index contributed by atoms with van der Waals surface area (Å²) in [5, 5.41) is 0. The van der Waals surface area contributed by atoms with E-state index >= 15 is 0 Å². The van der Waals surface area contributed by atoms with Gasteiger partial charge >= 0.3 is 11.9 Å². The molecule has 0 saturated carbocycles. The lowest BCUT2D eigenvalue weighted by molar-refractivity contribution is -0.144. The molecule has 0 spiro atoms. The first-order valence-electron chi connectivity index (χ1n) is 8.93. The highest BCUT2D eigenvalue weighted by molar-refractivity contribution is 5.66. The summed E-state index contributed by atoms with van der Waals surface area (Å²) in [4.78, 5) is 27.8. The molecule has 142 valence electrons. The molecule has 1 unspecified atom stereocenters. The minimum absolute atomic E-state index is 0.0517. The first-order chi connectivity index (χ1) is 11.9. The number of hydrogen-bond acceptors (Lipinski definition) is 6. The maximum Gasteiger partial charge on any atom is 0.303 e. The van der Waals surface area contributed by atoms with Crippen molar-refractivity contribution >= 4 is 11.9 Å². The summed E-state index contributed by atoms with van der Waals surface area (Å²) >= 11 is 0. The summed E-state index contributed by atoms with van der Waals surface area (Å²) in [5.74, 6) is -0.444. The number of rotatable bonds is 4. The Labute approximate surface area is 150 Å². The van der Waals surface area contributed by atoms with Gasteiger partial charge in [0, 0.05) is 13.8 Å². The molecule has 1 aliphatic heterocycles. The first-order valence-corrected chi connectivity index (χ1v) is 8.93. The number of carbonyl (C=O) groups excluding carboxylic acids is 2. The zero-order chi connectivity index (χ0) is 18.7. The zero-order valence-electron chi connectivity index (χ0n) is 15.7. The van der Waals surface area contributed by atoms with Crippen LogP contribution in [-0.4, -0.2) is 37.3 Å². The minimum atomic E-state index is -0.302. The van der Waals surface area contributed by atoms with Gasteiger partial charge in [0.15, 0.2) is 0 Å². The van der Waals surface area contributed by atoms with E-state index in [0.717, 1.165) is 31.3 Å².